The first-order valence-electron chi connectivity index (χ1n) is 13.3. The molecule has 4 amide bonds. The average Bonchev–Trinajstić information content (AvgIpc) is 3.03. The Morgan fingerprint density at radius 1 is 0.600 bits per heavy atom. The number of para-hydroxylation sites is 1. The van der Waals surface area contributed by atoms with Crippen LogP contribution >= 0.6 is 15.9 Å². The normalized spacial score (nSPS) is 10.1. The second-order valence-electron chi connectivity index (χ2n) is 9.33. The number of nitrogens with one attached hydrogen (secondary N) is 2. The van der Waals surface area contributed by atoms with E-state index in [1.165, 1.54) is 36.4 Å². The smallest absolute Gasteiger partial charge is 0.259 e. The van der Waals surface area contributed by atoms with Gasteiger partial charge in [-0.15, -0.1) is 0 Å². The van der Waals surface area contributed by atoms with Crippen molar-refractivity contribution in [3.8, 4) is 11.5 Å². The third-order valence-corrected chi connectivity index (χ3v) is 6.79. The molecule has 5 aromatic carbocycles. The molecule has 226 valence electrons. The zero-order chi connectivity index (χ0) is 32.3. The van der Waals surface area contributed by atoms with Crippen molar-refractivity contribution >= 4 is 50.9 Å². The van der Waals surface area contributed by atoms with Crippen LogP contribution in [0, 0.1) is 5.82 Å². The van der Waals surface area contributed by atoms with E-state index in [-0.39, 0.29) is 11.7 Å². The Hall–Kier alpha value is -5.81. The lowest BCUT2D eigenvalue weighted by molar-refractivity contribution is 0.0991. The minimum atomic E-state index is -0.582. The van der Waals surface area contributed by atoms with Gasteiger partial charge in [0.15, 0.2) is 0 Å². The molecule has 0 aromatic heterocycles. The van der Waals surface area contributed by atoms with Gasteiger partial charge in [-0.2, -0.15) is 0 Å². The van der Waals surface area contributed by atoms with Crippen molar-refractivity contribution in [3.63, 3.8) is 0 Å². The molecule has 0 atom stereocenters. The summed E-state index contributed by atoms with van der Waals surface area (Å²) in [7, 11) is 0. The van der Waals surface area contributed by atoms with Crippen LogP contribution in [0.2, 0.25) is 0 Å². The number of hydrogen-bond donors (Lipinski definition) is 4. The number of nitrogens with two attached hydrogens (primary N) is 2. The predicted octanol–water partition coefficient (Wildman–Crippen LogP) is 6.77. The first-order chi connectivity index (χ1) is 21.6. The molecule has 5 aromatic rings. The van der Waals surface area contributed by atoms with Crippen LogP contribution < -0.4 is 26.8 Å². The van der Waals surface area contributed by atoms with Gasteiger partial charge in [-0.25, -0.2) is 4.39 Å². The molecule has 0 saturated carbocycles. The third kappa shape index (κ3) is 9.09. The van der Waals surface area contributed by atoms with Crippen LogP contribution in [0.15, 0.2) is 126 Å². The van der Waals surface area contributed by atoms with Crippen LogP contribution in [0.3, 0.4) is 0 Å². The molecule has 0 unspecified atom stereocenters. The monoisotopic (exact) mass is 668 g/mol. The first kappa shape index (κ1) is 32.1. The molecular formula is C34H26BrFN4O5. The SMILES string of the molecule is NC(=O)c1cccc(NC(=O)c2ccccc2Br)c1.NC(=O)c1cccc(NC(=O)c2ccccc2Oc2ccc(F)cc2)c1. The highest BCUT2D eigenvalue weighted by atomic mass is 79.9. The molecule has 6 N–H and O–H groups in total. The largest absolute Gasteiger partial charge is 0.457 e. The Morgan fingerprint density at radius 2 is 1.09 bits per heavy atom. The maximum atomic E-state index is 13.0. The first-order valence-corrected chi connectivity index (χ1v) is 14.1. The number of halogens is 2. The maximum absolute atomic E-state index is 13.0. The number of anilines is 2. The number of amides is 4. The lowest BCUT2D eigenvalue weighted by Crippen LogP contribution is -2.15. The Balaban J connectivity index is 0.000000215. The van der Waals surface area contributed by atoms with E-state index >= 15 is 0 Å². The summed E-state index contributed by atoms with van der Waals surface area (Å²) in [4.78, 5) is 47.0. The quantitative estimate of drug-likeness (QED) is 0.144. The maximum Gasteiger partial charge on any atom is 0.259 e. The second-order valence-corrected chi connectivity index (χ2v) is 10.2. The van der Waals surface area contributed by atoms with Gasteiger partial charge >= 0.3 is 0 Å². The van der Waals surface area contributed by atoms with E-state index in [0.717, 1.165) is 0 Å². The van der Waals surface area contributed by atoms with E-state index < -0.39 is 17.7 Å². The van der Waals surface area contributed by atoms with Gasteiger partial charge in [0.25, 0.3) is 11.8 Å². The van der Waals surface area contributed by atoms with E-state index in [2.05, 4.69) is 26.6 Å². The van der Waals surface area contributed by atoms with Crippen molar-refractivity contribution in [1.29, 1.82) is 0 Å². The van der Waals surface area contributed by atoms with E-state index in [4.69, 9.17) is 16.2 Å². The second kappa shape index (κ2) is 15.1. The minimum Gasteiger partial charge on any atom is -0.457 e. The summed E-state index contributed by atoms with van der Waals surface area (Å²) in [6.07, 6.45) is 0. The Labute approximate surface area is 266 Å². The molecular weight excluding hydrogens is 643 g/mol. The van der Waals surface area contributed by atoms with Gasteiger partial charge in [-0.3, -0.25) is 19.2 Å². The predicted molar refractivity (Wildman–Crippen MR) is 173 cm³/mol. The van der Waals surface area contributed by atoms with E-state index in [0.29, 0.717) is 49.6 Å². The molecule has 0 aliphatic heterocycles. The molecule has 5 rings (SSSR count). The van der Waals surface area contributed by atoms with Gasteiger partial charge in [0.2, 0.25) is 11.8 Å². The van der Waals surface area contributed by atoms with Crippen molar-refractivity contribution in [2.45, 2.75) is 0 Å². The summed E-state index contributed by atoms with van der Waals surface area (Å²) in [5.41, 5.74) is 12.9. The highest BCUT2D eigenvalue weighted by Gasteiger charge is 2.14. The van der Waals surface area contributed by atoms with Crippen LogP contribution in [-0.4, -0.2) is 23.6 Å². The van der Waals surface area contributed by atoms with Crippen LogP contribution in [0.1, 0.15) is 41.4 Å². The van der Waals surface area contributed by atoms with Gasteiger partial charge in [0.05, 0.1) is 11.1 Å². The molecule has 0 radical (unpaired) electrons. The molecule has 0 heterocycles. The van der Waals surface area contributed by atoms with Crippen LogP contribution in [0.5, 0.6) is 11.5 Å². The average molecular weight is 670 g/mol. The van der Waals surface area contributed by atoms with Crippen LogP contribution in [-0.2, 0) is 0 Å². The van der Waals surface area contributed by atoms with Crippen molar-refractivity contribution < 1.29 is 28.3 Å². The summed E-state index contributed by atoms with van der Waals surface area (Å²) >= 11 is 3.31. The number of carbonyl (C=O) groups is 4. The zero-order valence-corrected chi connectivity index (χ0v) is 25.1. The number of primary amides is 2. The van der Waals surface area contributed by atoms with E-state index in [1.54, 1.807) is 78.9 Å². The van der Waals surface area contributed by atoms with E-state index in [1.807, 2.05) is 6.07 Å². The molecule has 0 saturated heterocycles. The van der Waals surface area contributed by atoms with Gasteiger partial charge in [0, 0.05) is 27.0 Å². The lowest BCUT2D eigenvalue weighted by Gasteiger charge is -2.12. The Bertz CT molecular complexity index is 1860. The number of rotatable bonds is 8. The number of hydrogen-bond acceptors (Lipinski definition) is 5. The summed E-state index contributed by atoms with van der Waals surface area (Å²) in [6, 6.07) is 32.1. The fraction of sp³-hybridized carbons (Fsp3) is 0. The fourth-order valence-corrected chi connectivity index (χ4v) is 4.38. The molecule has 0 spiro atoms. The molecule has 11 heteroatoms. The van der Waals surface area contributed by atoms with Crippen molar-refractivity contribution in [3.05, 3.63) is 154 Å². The number of ether oxygens (including phenoxy) is 1. The van der Waals surface area contributed by atoms with Crippen LogP contribution in [0.4, 0.5) is 15.8 Å². The summed E-state index contributed by atoms with van der Waals surface area (Å²) in [5.74, 6) is -1.43. The van der Waals surface area contributed by atoms with Crippen molar-refractivity contribution in [2.75, 3.05) is 10.6 Å². The van der Waals surface area contributed by atoms with Crippen molar-refractivity contribution in [1.82, 2.24) is 0 Å². The third-order valence-electron chi connectivity index (χ3n) is 6.10. The lowest BCUT2D eigenvalue weighted by atomic mass is 10.1. The van der Waals surface area contributed by atoms with Gasteiger partial charge < -0.3 is 26.8 Å². The Kier molecular flexibility index (Phi) is 10.8. The topological polar surface area (TPSA) is 154 Å². The summed E-state index contributed by atoms with van der Waals surface area (Å²) < 4.78 is 19.4. The molecule has 0 bridgehead atoms. The van der Waals surface area contributed by atoms with Gasteiger partial charge in [-0.1, -0.05) is 36.4 Å². The summed E-state index contributed by atoms with van der Waals surface area (Å²) in [6.45, 7) is 0. The Morgan fingerprint density at radius 3 is 1.62 bits per heavy atom. The standard InChI is InChI=1S/C20H15FN2O3.C14H11BrN2O2/c21-14-8-10-16(11-9-14)26-18-7-2-1-6-17(18)20(25)23-15-5-3-4-13(12-15)19(22)24;15-12-7-2-1-6-11(12)14(19)17-10-5-3-4-9(8-10)13(16)18/h1-12H,(H2,22,24)(H,23,25);1-8H,(H2,16,18)(H,17,19). The van der Waals surface area contributed by atoms with Gasteiger partial charge in [-0.05, 0) is 101 Å². The molecule has 0 aliphatic rings. The molecule has 0 aliphatic carbocycles. The number of carbonyl (C=O) groups excluding carboxylic acids is 4. The fourth-order valence-electron chi connectivity index (χ4n) is 3.92. The molecule has 9 nitrogen and oxygen atoms in total. The van der Waals surface area contributed by atoms with Crippen LogP contribution in [0.25, 0.3) is 0 Å². The summed E-state index contributed by atoms with van der Waals surface area (Å²) in [5, 5.41) is 5.42. The molecule has 0 fully saturated rings. The van der Waals surface area contributed by atoms with Crippen molar-refractivity contribution in [2.24, 2.45) is 11.5 Å². The highest BCUT2D eigenvalue weighted by molar-refractivity contribution is 9.10. The molecule has 45 heavy (non-hydrogen) atoms. The van der Waals surface area contributed by atoms with E-state index in [9.17, 15) is 23.6 Å². The highest BCUT2D eigenvalue weighted by Crippen LogP contribution is 2.26. The number of benzene rings is 5. The minimum absolute atomic E-state index is 0.255. The zero-order valence-electron chi connectivity index (χ0n) is 23.5. The van der Waals surface area contributed by atoms with Gasteiger partial charge in [0.1, 0.15) is 17.3 Å².